The molecule has 37 heavy (non-hydrogen) atoms. The van der Waals surface area contributed by atoms with Gasteiger partial charge in [-0.05, 0) is 84.4 Å². The molecule has 11 atom stereocenters. The predicted octanol–water partition coefficient (Wildman–Crippen LogP) is 5.51. The van der Waals surface area contributed by atoms with Gasteiger partial charge in [-0.3, -0.25) is 4.79 Å². The highest BCUT2D eigenvalue weighted by atomic mass is 16.5. The molecular formula is C32H52O5. The number of aliphatic hydroxyl groups is 3. The van der Waals surface area contributed by atoms with E-state index in [1.54, 1.807) is 0 Å². The summed E-state index contributed by atoms with van der Waals surface area (Å²) >= 11 is 0. The summed E-state index contributed by atoms with van der Waals surface area (Å²) in [6.07, 6.45) is 7.21. The zero-order valence-electron chi connectivity index (χ0n) is 24.5. The van der Waals surface area contributed by atoms with Gasteiger partial charge in [0.2, 0.25) is 0 Å². The number of hydrogen-bond acceptors (Lipinski definition) is 5. The first-order valence-electron chi connectivity index (χ1n) is 14.9. The Bertz CT molecular complexity index is 970. The molecule has 4 saturated carbocycles. The molecule has 5 nitrogen and oxygen atoms in total. The van der Waals surface area contributed by atoms with Gasteiger partial charge in [-0.15, -0.1) is 0 Å². The summed E-state index contributed by atoms with van der Waals surface area (Å²) in [6.45, 7) is 17.9. The summed E-state index contributed by atoms with van der Waals surface area (Å²) in [5.74, 6) is 0.765. The quantitative estimate of drug-likeness (QED) is 0.340. The van der Waals surface area contributed by atoms with Crippen molar-refractivity contribution >= 4 is 5.97 Å². The van der Waals surface area contributed by atoms with Crippen molar-refractivity contribution in [2.24, 2.45) is 56.7 Å². The van der Waals surface area contributed by atoms with Crippen LogP contribution in [0.1, 0.15) is 100 Å². The molecule has 0 bridgehead atoms. The maximum atomic E-state index is 12.0. The summed E-state index contributed by atoms with van der Waals surface area (Å²) in [6, 6.07) is 0. The molecule has 3 N–H and O–H groups in total. The summed E-state index contributed by atoms with van der Waals surface area (Å²) in [4.78, 5) is 12.0. The molecule has 5 aliphatic rings. The molecule has 5 heteroatoms. The third-order valence-electron chi connectivity index (χ3n) is 13.4. The van der Waals surface area contributed by atoms with Gasteiger partial charge >= 0.3 is 5.97 Å². The van der Waals surface area contributed by atoms with Gasteiger partial charge in [0.25, 0.3) is 0 Å². The van der Waals surface area contributed by atoms with Gasteiger partial charge in [-0.1, -0.05) is 60.1 Å². The van der Waals surface area contributed by atoms with E-state index in [-0.39, 0.29) is 56.9 Å². The van der Waals surface area contributed by atoms with E-state index in [4.69, 9.17) is 4.74 Å². The smallest absolute Gasteiger partial charge is 0.302 e. The maximum absolute atomic E-state index is 12.0. The van der Waals surface area contributed by atoms with Gasteiger partial charge in [-0.2, -0.15) is 0 Å². The molecular weight excluding hydrogens is 464 g/mol. The van der Waals surface area contributed by atoms with E-state index in [9.17, 15) is 20.1 Å². The molecule has 5 rings (SSSR count). The zero-order chi connectivity index (χ0) is 27.3. The number of aliphatic hydroxyl groups excluding tert-OH is 3. The second kappa shape index (κ2) is 8.54. The lowest BCUT2D eigenvalue weighted by Gasteiger charge is -2.70. The third-order valence-corrected chi connectivity index (χ3v) is 13.4. The molecule has 0 radical (unpaired) electrons. The number of carbonyl (C=O) groups excluding carboxylic acids is 1. The van der Waals surface area contributed by atoms with Crippen molar-refractivity contribution in [2.45, 2.75) is 119 Å². The van der Waals surface area contributed by atoms with Crippen LogP contribution in [0.4, 0.5) is 0 Å². The van der Waals surface area contributed by atoms with Crippen molar-refractivity contribution in [1.29, 1.82) is 0 Å². The van der Waals surface area contributed by atoms with E-state index in [0.717, 1.165) is 38.5 Å². The Kier molecular flexibility index (Phi) is 6.38. The van der Waals surface area contributed by atoms with E-state index in [1.807, 2.05) is 0 Å². The van der Waals surface area contributed by atoms with Crippen LogP contribution in [-0.2, 0) is 9.53 Å². The SMILES string of the molecule is CC(=O)OC[C@@]12CC[C@@]3(C)[C@H]4C(=CC[C@]3(C)[C@H]1[C@H](O)C[C@H]2C(C)C)[C@@]1(C)CC[C@H](O)C(C)(C)[C@@H]1C[C@@H]4O. The number of fused-ring (bicyclic) bond motifs is 7. The van der Waals surface area contributed by atoms with Gasteiger partial charge in [0.1, 0.15) is 0 Å². The molecule has 0 aromatic carbocycles. The van der Waals surface area contributed by atoms with Crippen molar-refractivity contribution in [3.8, 4) is 0 Å². The average molecular weight is 517 g/mol. The van der Waals surface area contributed by atoms with Gasteiger partial charge in [0, 0.05) is 24.2 Å². The van der Waals surface area contributed by atoms with Crippen LogP contribution in [-0.4, -0.2) is 46.2 Å². The minimum atomic E-state index is -0.459. The van der Waals surface area contributed by atoms with Gasteiger partial charge in [-0.25, -0.2) is 0 Å². The fourth-order valence-corrected chi connectivity index (χ4v) is 11.4. The lowest BCUT2D eigenvalue weighted by molar-refractivity contribution is -0.215. The molecule has 0 aromatic rings. The highest BCUT2D eigenvalue weighted by Crippen LogP contribution is 2.76. The number of esters is 1. The number of allylic oxidation sites excluding steroid dienone is 1. The standard InChI is InChI=1S/C32H52O5/c1-18(2)21-15-23(35)27-31(8)12-9-20-26(30(31,7)13-14-32(21,27)17-37-19(3)33)22(34)16-24-28(4,5)25(36)10-11-29(20,24)6/h9,18,21-27,34-36H,10-17H2,1-8H3/t21-,22-,23+,24-,25-,26-,27+,29+,30-,31+,32+/m0/s1. The van der Waals surface area contributed by atoms with Crippen molar-refractivity contribution < 1.29 is 24.9 Å². The average Bonchev–Trinajstić information content (AvgIpc) is 3.11. The molecule has 0 amide bonds. The third kappa shape index (κ3) is 3.48. The predicted molar refractivity (Wildman–Crippen MR) is 144 cm³/mol. The van der Waals surface area contributed by atoms with E-state index in [2.05, 4.69) is 54.5 Å². The lowest BCUT2D eigenvalue weighted by atomic mass is 9.35. The first-order valence-corrected chi connectivity index (χ1v) is 14.9. The van der Waals surface area contributed by atoms with Crippen molar-refractivity contribution in [1.82, 2.24) is 0 Å². The molecule has 0 spiro atoms. The molecule has 5 aliphatic carbocycles. The van der Waals surface area contributed by atoms with Crippen molar-refractivity contribution in [3.63, 3.8) is 0 Å². The summed E-state index contributed by atoms with van der Waals surface area (Å²) in [5.41, 5.74) is 0.536. The lowest BCUT2D eigenvalue weighted by Crippen LogP contribution is -2.66. The highest BCUT2D eigenvalue weighted by molar-refractivity contribution is 5.66. The fraction of sp³-hybridized carbons (Fsp3) is 0.906. The van der Waals surface area contributed by atoms with Crippen LogP contribution in [0, 0.1) is 56.7 Å². The highest BCUT2D eigenvalue weighted by Gasteiger charge is 2.72. The number of rotatable bonds is 3. The van der Waals surface area contributed by atoms with E-state index in [1.165, 1.54) is 12.5 Å². The Labute approximate surface area is 224 Å². The normalized spacial score (nSPS) is 52.4. The molecule has 0 saturated heterocycles. The molecule has 0 unspecified atom stereocenters. The second-order valence-corrected chi connectivity index (χ2v) is 15.5. The van der Waals surface area contributed by atoms with Gasteiger partial charge in [0.15, 0.2) is 0 Å². The molecule has 0 heterocycles. The summed E-state index contributed by atoms with van der Waals surface area (Å²) in [7, 11) is 0. The van der Waals surface area contributed by atoms with Crippen LogP contribution in [0.3, 0.4) is 0 Å². The molecule has 4 fully saturated rings. The molecule has 210 valence electrons. The number of carbonyl (C=O) groups is 1. The number of ether oxygens (including phenoxy) is 1. The largest absolute Gasteiger partial charge is 0.465 e. The minimum Gasteiger partial charge on any atom is -0.465 e. The van der Waals surface area contributed by atoms with Crippen LogP contribution in [0.2, 0.25) is 0 Å². The molecule has 0 aromatic heterocycles. The van der Waals surface area contributed by atoms with Crippen LogP contribution < -0.4 is 0 Å². The van der Waals surface area contributed by atoms with Crippen LogP contribution in [0.15, 0.2) is 11.6 Å². The first kappa shape index (κ1) is 27.6. The second-order valence-electron chi connectivity index (χ2n) is 15.5. The van der Waals surface area contributed by atoms with E-state index >= 15 is 0 Å². The minimum absolute atomic E-state index is 0.0191. The Balaban J connectivity index is 1.61. The zero-order valence-corrected chi connectivity index (χ0v) is 24.5. The van der Waals surface area contributed by atoms with Crippen LogP contribution >= 0.6 is 0 Å². The van der Waals surface area contributed by atoms with Crippen molar-refractivity contribution in [3.05, 3.63) is 11.6 Å². The van der Waals surface area contributed by atoms with Gasteiger partial charge in [0.05, 0.1) is 24.9 Å². The monoisotopic (exact) mass is 516 g/mol. The Morgan fingerprint density at radius 3 is 2.30 bits per heavy atom. The van der Waals surface area contributed by atoms with Gasteiger partial charge < -0.3 is 20.1 Å². The van der Waals surface area contributed by atoms with E-state index < -0.39 is 12.2 Å². The fourth-order valence-electron chi connectivity index (χ4n) is 11.4. The van der Waals surface area contributed by atoms with Crippen molar-refractivity contribution in [2.75, 3.05) is 6.61 Å². The van der Waals surface area contributed by atoms with Crippen LogP contribution in [0.25, 0.3) is 0 Å². The first-order chi connectivity index (χ1) is 17.1. The van der Waals surface area contributed by atoms with Crippen LogP contribution in [0.5, 0.6) is 0 Å². The van der Waals surface area contributed by atoms with E-state index in [0.29, 0.717) is 24.9 Å². The summed E-state index contributed by atoms with van der Waals surface area (Å²) < 4.78 is 5.78. The molecule has 0 aliphatic heterocycles. The topological polar surface area (TPSA) is 87.0 Å². The summed E-state index contributed by atoms with van der Waals surface area (Å²) in [5, 5.41) is 34.6. The Morgan fingerprint density at radius 2 is 1.68 bits per heavy atom. The Hall–Kier alpha value is -0.910. The maximum Gasteiger partial charge on any atom is 0.302 e. The Morgan fingerprint density at radius 1 is 1.00 bits per heavy atom. The number of hydrogen-bond donors (Lipinski definition) is 3.